The Labute approximate surface area is 133 Å². The van der Waals surface area contributed by atoms with Crippen LogP contribution in [-0.2, 0) is 21.4 Å². The smallest absolute Gasteiger partial charge is 0.240 e. The van der Waals surface area contributed by atoms with Crippen LogP contribution >= 0.6 is 15.9 Å². The number of rotatable bonds is 6. The van der Waals surface area contributed by atoms with Crippen molar-refractivity contribution >= 4 is 26.0 Å². The van der Waals surface area contributed by atoms with Crippen LogP contribution in [0.15, 0.2) is 21.5 Å². The van der Waals surface area contributed by atoms with E-state index in [-0.39, 0.29) is 23.6 Å². The van der Waals surface area contributed by atoms with Gasteiger partial charge in [0.2, 0.25) is 10.0 Å². The average Bonchev–Trinajstić information content (AvgIpc) is 2.40. The number of halogens is 1. The zero-order valence-electron chi connectivity index (χ0n) is 12.1. The van der Waals surface area contributed by atoms with E-state index in [0.29, 0.717) is 15.6 Å². The summed E-state index contributed by atoms with van der Waals surface area (Å²) < 4.78 is 33.7. The fourth-order valence-electron chi connectivity index (χ4n) is 2.41. The summed E-state index contributed by atoms with van der Waals surface area (Å²) in [5, 5.41) is 9.23. The van der Waals surface area contributed by atoms with Crippen LogP contribution in [0.5, 0.6) is 0 Å². The molecule has 0 saturated heterocycles. The first kappa shape index (κ1) is 16.9. The number of ether oxygens (including phenoxy) is 1. The van der Waals surface area contributed by atoms with Crippen LogP contribution < -0.4 is 4.72 Å². The summed E-state index contributed by atoms with van der Waals surface area (Å²) in [6.07, 6.45) is 2.79. The summed E-state index contributed by atoms with van der Waals surface area (Å²) in [5.74, 6) is 0. The third kappa shape index (κ3) is 3.48. The molecule has 21 heavy (non-hydrogen) atoms. The number of nitrogens with one attached hydrogen (secondary N) is 1. The second kappa shape index (κ2) is 6.34. The minimum absolute atomic E-state index is 0.187. The summed E-state index contributed by atoms with van der Waals surface area (Å²) in [6, 6.07) is 3.22. The third-order valence-electron chi connectivity index (χ3n) is 4.11. The highest BCUT2D eigenvalue weighted by atomic mass is 79.9. The molecule has 0 atom stereocenters. The lowest BCUT2D eigenvalue weighted by molar-refractivity contribution is -0.0659. The Bertz CT molecular complexity index is 621. The van der Waals surface area contributed by atoms with E-state index in [1.807, 2.05) is 0 Å². The summed E-state index contributed by atoms with van der Waals surface area (Å²) >= 11 is 3.33. The van der Waals surface area contributed by atoms with E-state index in [4.69, 9.17) is 4.74 Å². The van der Waals surface area contributed by atoms with Crippen molar-refractivity contribution < 1.29 is 18.3 Å². The fraction of sp³-hybridized carbons (Fsp3) is 0.571. The number of methoxy groups -OCH3 is 1. The van der Waals surface area contributed by atoms with Crippen LogP contribution in [0.25, 0.3) is 0 Å². The highest BCUT2D eigenvalue weighted by molar-refractivity contribution is 9.10. The van der Waals surface area contributed by atoms with Gasteiger partial charge in [0.15, 0.2) is 0 Å². The molecule has 118 valence electrons. The molecule has 0 aromatic heterocycles. The van der Waals surface area contributed by atoms with E-state index in [1.165, 1.54) is 6.07 Å². The monoisotopic (exact) mass is 377 g/mol. The first-order chi connectivity index (χ1) is 9.83. The van der Waals surface area contributed by atoms with Crippen LogP contribution in [0.2, 0.25) is 0 Å². The van der Waals surface area contributed by atoms with E-state index >= 15 is 0 Å². The van der Waals surface area contributed by atoms with Gasteiger partial charge in [0.25, 0.3) is 0 Å². The highest BCUT2D eigenvalue weighted by Gasteiger charge is 2.38. The minimum Gasteiger partial charge on any atom is -0.392 e. The molecule has 1 aromatic rings. The van der Waals surface area contributed by atoms with Gasteiger partial charge in [-0.3, -0.25) is 0 Å². The van der Waals surface area contributed by atoms with Crippen molar-refractivity contribution in [3.05, 3.63) is 27.7 Å². The van der Waals surface area contributed by atoms with Crippen molar-refractivity contribution in [2.45, 2.75) is 43.3 Å². The number of hydrogen-bond acceptors (Lipinski definition) is 4. The van der Waals surface area contributed by atoms with E-state index in [2.05, 4.69) is 20.7 Å². The predicted octanol–water partition coefficient (Wildman–Crippen LogP) is 2.10. The molecule has 0 heterocycles. The maximum Gasteiger partial charge on any atom is 0.240 e. The van der Waals surface area contributed by atoms with Crippen LogP contribution in [0.1, 0.15) is 30.4 Å². The molecule has 7 heteroatoms. The van der Waals surface area contributed by atoms with E-state index in [0.717, 1.165) is 19.3 Å². The summed E-state index contributed by atoms with van der Waals surface area (Å²) in [7, 11) is -2.02. The van der Waals surface area contributed by atoms with Crippen molar-refractivity contribution in [3.8, 4) is 0 Å². The SMILES string of the molecule is COC1(CNS(=O)(=O)c2cc(CO)cc(Br)c2C)CCC1. The lowest BCUT2D eigenvalue weighted by Crippen LogP contribution is -2.49. The number of benzene rings is 1. The molecule has 0 spiro atoms. The lowest BCUT2D eigenvalue weighted by Gasteiger charge is -2.40. The number of hydrogen-bond donors (Lipinski definition) is 2. The Morgan fingerprint density at radius 1 is 1.43 bits per heavy atom. The molecule has 0 amide bonds. The van der Waals surface area contributed by atoms with Crippen molar-refractivity contribution in [2.75, 3.05) is 13.7 Å². The fourth-order valence-corrected chi connectivity index (χ4v) is 4.47. The maximum absolute atomic E-state index is 12.5. The second-order valence-corrected chi connectivity index (χ2v) is 8.01. The van der Waals surface area contributed by atoms with Crippen LogP contribution in [0.4, 0.5) is 0 Å². The molecule has 1 aliphatic rings. The van der Waals surface area contributed by atoms with Crippen molar-refractivity contribution in [1.29, 1.82) is 0 Å². The molecule has 0 unspecified atom stereocenters. The third-order valence-corrected chi connectivity index (χ3v) is 6.46. The zero-order valence-corrected chi connectivity index (χ0v) is 14.6. The van der Waals surface area contributed by atoms with Gasteiger partial charge in [-0.2, -0.15) is 0 Å². The maximum atomic E-state index is 12.5. The molecular weight excluding hydrogens is 358 g/mol. The lowest BCUT2D eigenvalue weighted by atomic mass is 9.80. The molecule has 1 aliphatic carbocycles. The summed E-state index contributed by atoms with van der Waals surface area (Å²) in [6.45, 7) is 1.80. The van der Waals surface area contributed by atoms with E-state index in [9.17, 15) is 13.5 Å². The van der Waals surface area contributed by atoms with Crippen LogP contribution in [0, 0.1) is 6.92 Å². The van der Waals surface area contributed by atoms with Crippen LogP contribution in [0.3, 0.4) is 0 Å². The Morgan fingerprint density at radius 3 is 2.57 bits per heavy atom. The molecule has 1 aromatic carbocycles. The molecule has 0 radical (unpaired) electrons. The van der Waals surface area contributed by atoms with Gasteiger partial charge < -0.3 is 9.84 Å². The summed E-state index contributed by atoms with van der Waals surface area (Å²) in [5.41, 5.74) is 0.810. The van der Waals surface area contributed by atoms with Crippen molar-refractivity contribution in [1.82, 2.24) is 4.72 Å². The Kier molecular flexibility index (Phi) is 5.10. The van der Waals surface area contributed by atoms with Gasteiger partial charge in [-0.25, -0.2) is 13.1 Å². The average molecular weight is 378 g/mol. The van der Waals surface area contributed by atoms with Gasteiger partial charge in [-0.05, 0) is 49.4 Å². The second-order valence-electron chi connectivity index (χ2n) is 5.42. The zero-order chi connectivity index (χ0) is 15.7. The van der Waals surface area contributed by atoms with Crippen molar-refractivity contribution in [3.63, 3.8) is 0 Å². The standard InChI is InChI=1S/C14H20BrNO4S/c1-10-12(15)6-11(8-17)7-13(10)21(18,19)16-9-14(20-2)4-3-5-14/h6-7,16-17H,3-5,8-9H2,1-2H3. The summed E-state index contributed by atoms with van der Waals surface area (Å²) in [4.78, 5) is 0.187. The molecule has 0 bridgehead atoms. The first-order valence-corrected chi connectivity index (χ1v) is 9.06. The van der Waals surface area contributed by atoms with Gasteiger partial charge in [0, 0.05) is 18.1 Å². The Balaban J connectivity index is 2.25. The Hall–Kier alpha value is -0.470. The van der Waals surface area contributed by atoms with Gasteiger partial charge in [-0.1, -0.05) is 15.9 Å². The minimum atomic E-state index is -3.64. The van der Waals surface area contributed by atoms with Crippen LogP contribution in [-0.4, -0.2) is 32.8 Å². The number of sulfonamides is 1. The van der Waals surface area contributed by atoms with Crippen molar-refractivity contribution in [2.24, 2.45) is 0 Å². The number of aliphatic hydroxyl groups excluding tert-OH is 1. The molecule has 5 nitrogen and oxygen atoms in total. The van der Waals surface area contributed by atoms with E-state index in [1.54, 1.807) is 20.1 Å². The largest absolute Gasteiger partial charge is 0.392 e. The molecule has 2 N–H and O–H groups in total. The Morgan fingerprint density at radius 2 is 2.10 bits per heavy atom. The molecule has 1 fully saturated rings. The molecular formula is C14H20BrNO4S. The van der Waals surface area contributed by atoms with Gasteiger partial charge in [-0.15, -0.1) is 0 Å². The quantitative estimate of drug-likeness (QED) is 0.795. The van der Waals surface area contributed by atoms with Gasteiger partial charge >= 0.3 is 0 Å². The topological polar surface area (TPSA) is 75.6 Å². The highest BCUT2D eigenvalue weighted by Crippen LogP contribution is 2.35. The van der Waals surface area contributed by atoms with Gasteiger partial charge in [0.05, 0.1) is 17.1 Å². The molecule has 1 saturated carbocycles. The normalized spacial score (nSPS) is 17.5. The molecule has 2 rings (SSSR count). The predicted molar refractivity (Wildman–Crippen MR) is 83.6 cm³/mol. The van der Waals surface area contributed by atoms with Gasteiger partial charge in [0.1, 0.15) is 0 Å². The molecule has 0 aliphatic heterocycles. The van der Waals surface area contributed by atoms with E-state index < -0.39 is 10.0 Å². The number of aliphatic hydroxyl groups is 1. The first-order valence-electron chi connectivity index (χ1n) is 6.78.